The maximum Gasteiger partial charge on any atom is 0.280 e. The predicted octanol–water partition coefficient (Wildman–Crippen LogP) is 3.04. The highest BCUT2D eigenvalue weighted by molar-refractivity contribution is 6.30. The fourth-order valence-corrected chi connectivity index (χ4v) is 3.18. The Kier molecular flexibility index (Phi) is 4.17. The molecular weight excluding hydrogens is 288 g/mol. The number of hydrogen-bond acceptors (Lipinski definition) is 3. The summed E-state index contributed by atoms with van der Waals surface area (Å²) in [4.78, 5) is 13.6. The van der Waals surface area contributed by atoms with Gasteiger partial charge in [-0.25, -0.2) is 0 Å². The Morgan fingerprint density at radius 1 is 1.38 bits per heavy atom. The first kappa shape index (κ1) is 14.4. The second-order valence-corrected chi connectivity index (χ2v) is 6.24. The molecule has 5 heteroatoms. The highest BCUT2D eigenvalue weighted by Crippen LogP contribution is 2.31. The van der Waals surface area contributed by atoms with E-state index in [0.29, 0.717) is 12.0 Å². The highest BCUT2D eigenvalue weighted by atomic mass is 35.5. The Hall–Kier alpha value is -1.52. The van der Waals surface area contributed by atoms with E-state index in [2.05, 4.69) is 29.2 Å². The van der Waals surface area contributed by atoms with E-state index >= 15 is 0 Å². The summed E-state index contributed by atoms with van der Waals surface area (Å²) in [5.41, 5.74) is 1.13. The maximum absolute atomic E-state index is 11.2. The van der Waals surface area contributed by atoms with Crippen LogP contribution in [0, 0.1) is 0 Å². The van der Waals surface area contributed by atoms with E-state index in [4.69, 9.17) is 16.1 Å². The minimum absolute atomic E-state index is 0.154. The molecule has 1 N–H and O–H groups in total. The average Bonchev–Trinajstić information content (AvgIpc) is 2.90. The van der Waals surface area contributed by atoms with Crippen LogP contribution in [0.15, 0.2) is 39.6 Å². The van der Waals surface area contributed by atoms with Crippen LogP contribution in [0.1, 0.15) is 30.1 Å². The molecule has 0 amide bonds. The largest absolute Gasteiger partial charge is 0.383 e. The molecule has 2 aromatic rings. The molecule has 1 aliphatic rings. The molecule has 0 unspecified atom stereocenters. The summed E-state index contributed by atoms with van der Waals surface area (Å²) in [6, 6.07) is 10.1. The van der Waals surface area contributed by atoms with Crippen molar-refractivity contribution in [3.8, 4) is 0 Å². The molecule has 21 heavy (non-hydrogen) atoms. The van der Waals surface area contributed by atoms with Crippen molar-refractivity contribution in [3.63, 3.8) is 0 Å². The number of rotatable bonds is 3. The Labute approximate surface area is 128 Å². The van der Waals surface area contributed by atoms with Crippen molar-refractivity contribution in [2.45, 2.75) is 31.2 Å². The second kappa shape index (κ2) is 6.08. The summed E-state index contributed by atoms with van der Waals surface area (Å²) in [6.07, 6.45) is 3.01. The molecule has 1 saturated heterocycles. The van der Waals surface area contributed by atoms with Gasteiger partial charge < -0.3 is 9.42 Å². The summed E-state index contributed by atoms with van der Waals surface area (Å²) in [5.74, 6) is 1.10. The van der Waals surface area contributed by atoms with Gasteiger partial charge in [0, 0.05) is 23.0 Å². The summed E-state index contributed by atoms with van der Waals surface area (Å²) < 4.78 is 5.28. The number of nitrogens with one attached hydrogen (secondary N) is 1. The number of benzene rings is 1. The zero-order valence-electron chi connectivity index (χ0n) is 12.0. The minimum Gasteiger partial charge on any atom is -0.383 e. The summed E-state index contributed by atoms with van der Waals surface area (Å²) in [5, 5.41) is 3.16. The van der Waals surface area contributed by atoms with Crippen molar-refractivity contribution >= 4 is 11.6 Å². The number of aromatic nitrogens is 1. The lowest BCUT2D eigenvalue weighted by atomic mass is 9.86. The lowest BCUT2D eigenvalue weighted by Gasteiger charge is -2.36. The number of likely N-dealkylation sites (N-methyl/N-ethyl adjacent to an activating group) is 1. The number of aromatic amines is 1. The summed E-state index contributed by atoms with van der Waals surface area (Å²) >= 11 is 5.93. The smallest absolute Gasteiger partial charge is 0.280 e. The van der Waals surface area contributed by atoms with Crippen molar-refractivity contribution in [2.75, 3.05) is 13.6 Å². The molecule has 2 atom stereocenters. The molecule has 1 aromatic carbocycles. The standard InChI is InChI=1S/C16H19ClN2O2/c1-19-7-6-12(15-10-16(20)18-21-15)9-14(19)8-11-2-4-13(17)5-3-11/h2-5,10,12,14H,6-9H2,1H3,(H,18,20)/t12-,14-/m0/s1. The van der Waals surface area contributed by atoms with E-state index in [-0.39, 0.29) is 5.56 Å². The van der Waals surface area contributed by atoms with Crippen LogP contribution in [-0.2, 0) is 6.42 Å². The summed E-state index contributed by atoms with van der Waals surface area (Å²) in [6.45, 7) is 1.01. The number of halogens is 1. The number of nitrogens with zero attached hydrogens (tertiary/aromatic N) is 1. The molecule has 2 heterocycles. The monoisotopic (exact) mass is 306 g/mol. The first-order valence-electron chi connectivity index (χ1n) is 7.25. The minimum atomic E-state index is -0.154. The molecule has 1 aromatic heterocycles. The average molecular weight is 307 g/mol. The van der Waals surface area contributed by atoms with Crippen LogP contribution >= 0.6 is 11.6 Å². The van der Waals surface area contributed by atoms with Crippen LogP contribution in [0.4, 0.5) is 0 Å². The predicted molar refractivity (Wildman–Crippen MR) is 82.9 cm³/mol. The first-order chi connectivity index (χ1) is 10.1. The number of H-pyrrole nitrogens is 1. The third-order valence-corrected chi connectivity index (χ3v) is 4.59. The topological polar surface area (TPSA) is 49.2 Å². The molecule has 4 nitrogen and oxygen atoms in total. The molecule has 3 rings (SSSR count). The van der Waals surface area contributed by atoms with Gasteiger partial charge in [0.25, 0.3) is 5.56 Å². The third kappa shape index (κ3) is 3.39. The molecule has 0 radical (unpaired) electrons. The molecular formula is C16H19ClN2O2. The molecule has 0 bridgehead atoms. The molecule has 0 saturated carbocycles. The molecule has 1 fully saturated rings. The van der Waals surface area contributed by atoms with Gasteiger partial charge in [0.15, 0.2) is 0 Å². The van der Waals surface area contributed by atoms with Crippen LogP contribution in [0.3, 0.4) is 0 Å². The van der Waals surface area contributed by atoms with Gasteiger partial charge in [0.1, 0.15) is 5.76 Å². The number of hydrogen-bond donors (Lipinski definition) is 1. The normalized spacial score (nSPS) is 23.3. The van der Waals surface area contributed by atoms with Gasteiger partial charge >= 0.3 is 0 Å². The van der Waals surface area contributed by atoms with Gasteiger partial charge in [-0.1, -0.05) is 23.7 Å². The van der Waals surface area contributed by atoms with Gasteiger partial charge in [-0.05, 0) is 50.6 Å². The van der Waals surface area contributed by atoms with Crippen molar-refractivity contribution in [1.82, 2.24) is 10.1 Å². The van der Waals surface area contributed by atoms with Crippen LogP contribution < -0.4 is 5.56 Å². The Morgan fingerprint density at radius 3 is 2.81 bits per heavy atom. The first-order valence-corrected chi connectivity index (χ1v) is 7.62. The lowest BCUT2D eigenvalue weighted by Crippen LogP contribution is -2.40. The maximum atomic E-state index is 11.2. The summed E-state index contributed by atoms with van der Waals surface area (Å²) in [7, 11) is 2.16. The third-order valence-electron chi connectivity index (χ3n) is 4.34. The van der Waals surface area contributed by atoms with Crippen molar-refractivity contribution in [2.24, 2.45) is 0 Å². The zero-order chi connectivity index (χ0) is 14.8. The Bertz CT molecular complexity index is 647. The van der Waals surface area contributed by atoms with Crippen molar-refractivity contribution in [1.29, 1.82) is 0 Å². The van der Waals surface area contributed by atoms with Crippen LogP contribution in [-0.4, -0.2) is 29.7 Å². The van der Waals surface area contributed by atoms with Gasteiger partial charge in [-0.15, -0.1) is 0 Å². The SMILES string of the molecule is CN1CC[C@H](c2cc(=O)[nH]o2)C[C@@H]1Cc1ccc(Cl)cc1. The van der Waals surface area contributed by atoms with Gasteiger partial charge in [0.05, 0.1) is 0 Å². The van der Waals surface area contributed by atoms with Crippen molar-refractivity contribution < 1.29 is 4.52 Å². The van der Waals surface area contributed by atoms with Gasteiger partial charge in [0.2, 0.25) is 0 Å². The zero-order valence-corrected chi connectivity index (χ0v) is 12.8. The molecule has 0 aliphatic carbocycles. The molecule has 0 spiro atoms. The van der Waals surface area contributed by atoms with Crippen molar-refractivity contribution in [3.05, 3.63) is 57.0 Å². The van der Waals surface area contributed by atoms with E-state index in [1.807, 2.05) is 12.1 Å². The van der Waals surface area contributed by atoms with E-state index < -0.39 is 0 Å². The lowest BCUT2D eigenvalue weighted by molar-refractivity contribution is 0.155. The van der Waals surface area contributed by atoms with Crippen LogP contribution in [0.5, 0.6) is 0 Å². The number of piperidine rings is 1. The van der Waals surface area contributed by atoms with E-state index in [9.17, 15) is 4.79 Å². The van der Waals surface area contributed by atoms with Gasteiger partial charge in [-0.2, -0.15) is 5.16 Å². The van der Waals surface area contributed by atoms with Gasteiger partial charge in [-0.3, -0.25) is 4.79 Å². The van der Waals surface area contributed by atoms with E-state index in [1.54, 1.807) is 6.07 Å². The molecule has 112 valence electrons. The van der Waals surface area contributed by atoms with Crippen LogP contribution in [0.2, 0.25) is 5.02 Å². The second-order valence-electron chi connectivity index (χ2n) is 5.80. The van der Waals surface area contributed by atoms with Crippen LogP contribution in [0.25, 0.3) is 0 Å². The quantitative estimate of drug-likeness (QED) is 0.948. The van der Waals surface area contributed by atoms with E-state index in [1.165, 1.54) is 5.56 Å². The van der Waals surface area contributed by atoms with E-state index in [0.717, 1.165) is 36.6 Å². The number of likely N-dealkylation sites (tertiary alicyclic amines) is 1. The fraction of sp³-hybridized carbons (Fsp3) is 0.438. The fourth-order valence-electron chi connectivity index (χ4n) is 3.06. The highest BCUT2D eigenvalue weighted by Gasteiger charge is 2.29. The molecule has 1 aliphatic heterocycles. The Morgan fingerprint density at radius 2 is 2.14 bits per heavy atom. The Balaban J connectivity index is 1.71.